The van der Waals surface area contributed by atoms with Gasteiger partial charge in [0, 0.05) is 6.54 Å². The van der Waals surface area contributed by atoms with E-state index in [0.717, 1.165) is 17.5 Å². The van der Waals surface area contributed by atoms with Gasteiger partial charge in [-0.05, 0) is 36.1 Å². The molecule has 0 aliphatic heterocycles. The maximum atomic E-state index is 11.5. The van der Waals surface area contributed by atoms with Gasteiger partial charge in [-0.25, -0.2) is 0 Å². The third-order valence-electron chi connectivity index (χ3n) is 3.82. The summed E-state index contributed by atoms with van der Waals surface area (Å²) < 4.78 is 11.0. The van der Waals surface area contributed by atoms with E-state index >= 15 is 0 Å². The smallest absolute Gasteiger partial charge is 0.321 e. The van der Waals surface area contributed by atoms with Crippen LogP contribution in [0.2, 0.25) is 0 Å². The summed E-state index contributed by atoms with van der Waals surface area (Å²) in [5.41, 5.74) is 1.94. The molecular formula is C20H25NO4. The molecule has 0 bridgehead atoms. The fourth-order valence-electron chi connectivity index (χ4n) is 2.49. The maximum absolute atomic E-state index is 11.5. The molecule has 5 heteroatoms. The van der Waals surface area contributed by atoms with Crippen LogP contribution in [0.15, 0.2) is 48.5 Å². The topological polar surface area (TPSA) is 67.8 Å². The van der Waals surface area contributed by atoms with Gasteiger partial charge in [0.25, 0.3) is 0 Å². The third kappa shape index (κ3) is 5.80. The highest BCUT2D eigenvalue weighted by molar-refractivity contribution is 5.73. The van der Waals surface area contributed by atoms with E-state index in [2.05, 4.69) is 5.32 Å². The summed E-state index contributed by atoms with van der Waals surface area (Å²) in [4.78, 5) is 11.5. The zero-order valence-corrected chi connectivity index (χ0v) is 14.7. The number of hydrogen-bond donors (Lipinski definition) is 2. The first-order valence-corrected chi connectivity index (χ1v) is 8.43. The molecule has 0 saturated heterocycles. The Hall–Kier alpha value is -2.53. The molecule has 134 valence electrons. The molecule has 1 atom stereocenters. The van der Waals surface area contributed by atoms with E-state index in [0.29, 0.717) is 31.1 Å². The van der Waals surface area contributed by atoms with Gasteiger partial charge in [0.05, 0.1) is 13.7 Å². The summed E-state index contributed by atoms with van der Waals surface area (Å²) in [5.74, 6) is 0.495. The molecule has 25 heavy (non-hydrogen) atoms. The first kappa shape index (κ1) is 18.8. The van der Waals surface area contributed by atoms with Gasteiger partial charge in [-0.2, -0.15) is 0 Å². The molecule has 5 nitrogen and oxygen atoms in total. The highest BCUT2D eigenvalue weighted by Crippen LogP contribution is 2.28. The molecule has 0 aliphatic carbocycles. The van der Waals surface area contributed by atoms with E-state index in [1.165, 1.54) is 0 Å². The second-order valence-electron chi connectivity index (χ2n) is 5.80. The number of carbonyl (C=O) groups is 1. The predicted octanol–water partition coefficient (Wildman–Crippen LogP) is 3.27. The van der Waals surface area contributed by atoms with Crippen LogP contribution < -0.4 is 14.8 Å². The van der Waals surface area contributed by atoms with Crippen LogP contribution in [-0.4, -0.2) is 30.8 Å². The lowest BCUT2D eigenvalue weighted by Gasteiger charge is -2.16. The number of methoxy groups -OCH3 is 1. The molecule has 0 aromatic heterocycles. The third-order valence-corrected chi connectivity index (χ3v) is 3.82. The van der Waals surface area contributed by atoms with Crippen molar-refractivity contribution in [2.45, 2.75) is 32.4 Å². The number of ether oxygens (including phenoxy) is 2. The maximum Gasteiger partial charge on any atom is 0.321 e. The summed E-state index contributed by atoms with van der Waals surface area (Å²) in [6.45, 7) is 3.09. The van der Waals surface area contributed by atoms with Crippen molar-refractivity contribution in [3.63, 3.8) is 0 Å². The van der Waals surface area contributed by atoms with Crippen molar-refractivity contribution in [3.8, 4) is 11.5 Å². The Balaban J connectivity index is 2.03. The Kier molecular flexibility index (Phi) is 7.29. The summed E-state index contributed by atoms with van der Waals surface area (Å²) in [6, 6.07) is 14.6. The van der Waals surface area contributed by atoms with Crippen molar-refractivity contribution in [3.05, 3.63) is 59.7 Å². The lowest BCUT2D eigenvalue weighted by atomic mass is 10.1. The van der Waals surface area contributed by atoms with E-state index in [4.69, 9.17) is 9.47 Å². The molecule has 2 aromatic carbocycles. The van der Waals surface area contributed by atoms with Crippen LogP contribution in [0.5, 0.6) is 11.5 Å². The van der Waals surface area contributed by atoms with Crippen LogP contribution >= 0.6 is 0 Å². The van der Waals surface area contributed by atoms with E-state index in [1.54, 1.807) is 7.11 Å². The fraction of sp³-hybridized carbons (Fsp3) is 0.350. The van der Waals surface area contributed by atoms with Crippen molar-refractivity contribution in [2.24, 2.45) is 0 Å². The molecule has 0 aliphatic rings. The second-order valence-corrected chi connectivity index (χ2v) is 5.80. The number of rotatable bonds is 10. The monoisotopic (exact) mass is 343 g/mol. The largest absolute Gasteiger partial charge is 0.493 e. The zero-order valence-electron chi connectivity index (χ0n) is 14.7. The van der Waals surface area contributed by atoms with Crippen LogP contribution in [0, 0.1) is 0 Å². The number of carboxylic acids is 1. The number of benzene rings is 2. The van der Waals surface area contributed by atoms with E-state index < -0.39 is 12.0 Å². The minimum Gasteiger partial charge on any atom is -0.493 e. The second kappa shape index (κ2) is 9.69. The van der Waals surface area contributed by atoms with Gasteiger partial charge in [0.15, 0.2) is 11.5 Å². The van der Waals surface area contributed by atoms with Gasteiger partial charge >= 0.3 is 5.97 Å². The van der Waals surface area contributed by atoms with Crippen LogP contribution in [-0.2, 0) is 17.8 Å². The van der Waals surface area contributed by atoms with Gasteiger partial charge in [0.1, 0.15) is 6.04 Å². The van der Waals surface area contributed by atoms with E-state index in [-0.39, 0.29) is 0 Å². The normalized spacial score (nSPS) is 11.8. The van der Waals surface area contributed by atoms with Crippen LogP contribution in [0.3, 0.4) is 0 Å². The number of carboxylic acid groups (broad SMARTS) is 1. The number of hydrogen-bond acceptors (Lipinski definition) is 4. The highest BCUT2D eigenvalue weighted by Gasteiger charge is 2.17. The Morgan fingerprint density at radius 3 is 2.52 bits per heavy atom. The fourth-order valence-corrected chi connectivity index (χ4v) is 2.49. The van der Waals surface area contributed by atoms with Crippen LogP contribution in [0.1, 0.15) is 24.5 Å². The Morgan fingerprint density at radius 1 is 1.12 bits per heavy atom. The predicted molar refractivity (Wildman–Crippen MR) is 97.2 cm³/mol. The van der Waals surface area contributed by atoms with Crippen LogP contribution in [0.25, 0.3) is 0 Å². The quantitative estimate of drug-likeness (QED) is 0.693. The van der Waals surface area contributed by atoms with Gasteiger partial charge in [0.2, 0.25) is 0 Å². The summed E-state index contributed by atoms with van der Waals surface area (Å²) in [6.07, 6.45) is 1.34. The van der Waals surface area contributed by atoms with Crippen molar-refractivity contribution >= 4 is 5.97 Å². The van der Waals surface area contributed by atoms with Gasteiger partial charge in [-0.3, -0.25) is 4.79 Å². The van der Waals surface area contributed by atoms with Crippen molar-refractivity contribution in [1.82, 2.24) is 5.32 Å². The Morgan fingerprint density at radius 2 is 1.88 bits per heavy atom. The molecule has 0 fully saturated rings. The van der Waals surface area contributed by atoms with Crippen molar-refractivity contribution in [1.29, 1.82) is 0 Å². The van der Waals surface area contributed by atoms with Crippen molar-refractivity contribution < 1.29 is 19.4 Å². The number of aliphatic carboxylic acids is 1. The van der Waals surface area contributed by atoms with Crippen molar-refractivity contribution in [2.75, 3.05) is 13.7 Å². The number of nitrogens with one attached hydrogen (secondary N) is 1. The summed E-state index contributed by atoms with van der Waals surface area (Å²) >= 11 is 0. The molecule has 2 N–H and O–H groups in total. The molecule has 0 radical (unpaired) electrons. The molecule has 2 aromatic rings. The molecule has 0 unspecified atom stereocenters. The Labute approximate surface area is 148 Å². The lowest BCUT2D eigenvalue weighted by Crippen LogP contribution is -2.38. The molecule has 0 heterocycles. The molecular weight excluding hydrogens is 318 g/mol. The average molecular weight is 343 g/mol. The standard InChI is InChI=1S/C20H25NO4/c1-3-11-25-19-13-16(9-10-18(19)24-2)14-21-17(20(22)23)12-15-7-5-4-6-8-15/h4-10,13,17,21H,3,11-12,14H2,1-2H3,(H,22,23)/t17-/m0/s1. The van der Waals surface area contributed by atoms with E-state index in [9.17, 15) is 9.90 Å². The molecule has 0 spiro atoms. The molecule has 2 rings (SSSR count). The lowest BCUT2D eigenvalue weighted by molar-refractivity contribution is -0.139. The van der Waals surface area contributed by atoms with E-state index in [1.807, 2.05) is 55.5 Å². The Bertz CT molecular complexity index is 673. The SMILES string of the molecule is CCCOc1cc(CN[C@@H](Cc2ccccc2)C(=O)O)ccc1OC. The zero-order chi connectivity index (χ0) is 18.1. The first-order valence-electron chi connectivity index (χ1n) is 8.43. The summed E-state index contributed by atoms with van der Waals surface area (Å²) in [7, 11) is 1.60. The minimum absolute atomic E-state index is 0.436. The van der Waals surface area contributed by atoms with Crippen LogP contribution in [0.4, 0.5) is 0 Å². The van der Waals surface area contributed by atoms with Gasteiger partial charge < -0.3 is 19.9 Å². The minimum atomic E-state index is -0.861. The highest BCUT2D eigenvalue weighted by atomic mass is 16.5. The van der Waals surface area contributed by atoms with Gasteiger partial charge in [-0.1, -0.05) is 43.3 Å². The average Bonchev–Trinajstić information content (AvgIpc) is 2.64. The van der Waals surface area contributed by atoms with Gasteiger partial charge in [-0.15, -0.1) is 0 Å². The molecule has 0 saturated carbocycles. The first-order chi connectivity index (χ1) is 12.1. The molecule has 0 amide bonds. The summed E-state index contributed by atoms with van der Waals surface area (Å²) in [5, 5.41) is 12.6.